The van der Waals surface area contributed by atoms with Gasteiger partial charge in [0.1, 0.15) is 0 Å². The van der Waals surface area contributed by atoms with Gasteiger partial charge in [0.05, 0.1) is 12.5 Å². The first-order chi connectivity index (χ1) is 8.16. The van der Waals surface area contributed by atoms with E-state index in [0.29, 0.717) is 26.2 Å². The number of piperazine rings is 1. The zero-order valence-electron chi connectivity index (χ0n) is 9.87. The highest BCUT2D eigenvalue weighted by Crippen LogP contribution is 2.14. The number of alkyl halides is 2. The second-order valence-corrected chi connectivity index (χ2v) is 4.71. The third-order valence-electron chi connectivity index (χ3n) is 3.49. The quantitative estimate of drug-likeness (QED) is 0.763. The number of hydrogen-bond acceptors (Lipinski definition) is 3. The Kier molecular flexibility index (Phi) is 4.28. The van der Waals surface area contributed by atoms with Crippen molar-refractivity contribution in [2.45, 2.75) is 12.8 Å². The van der Waals surface area contributed by atoms with Crippen LogP contribution in [0, 0.1) is 5.92 Å². The maximum Gasteiger partial charge on any atom is 0.251 e. The average Bonchev–Trinajstić information content (AvgIpc) is 2.82. The molecule has 0 aromatic carbocycles. The van der Waals surface area contributed by atoms with Crippen LogP contribution in [0.4, 0.5) is 8.78 Å². The normalized spacial score (nSPS) is 26.8. The lowest BCUT2D eigenvalue weighted by Crippen LogP contribution is -2.51. The molecule has 4 nitrogen and oxygen atoms in total. The lowest BCUT2D eigenvalue weighted by molar-refractivity contribution is -0.136. The first-order valence-corrected chi connectivity index (χ1v) is 6.17. The number of amides is 1. The van der Waals surface area contributed by atoms with E-state index in [1.165, 1.54) is 0 Å². The Morgan fingerprint density at radius 3 is 2.53 bits per heavy atom. The third-order valence-corrected chi connectivity index (χ3v) is 3.49. The van der Waals surface area contributed by atoms with Crippen LogP contribution in [-0.2, 0) is 4.79 Å². The lowest BCUT2D eigenvalue weighted by Gasteiger charge is -2.35. The molecule has 2 saturated heterocycles. The van der Waals surface area contributed by atoms with Gasteiger partial charge in [0, 0.05) is 32.7 Å². The molecule has 2 aliphatic rings. The van der Waals surface area contributed by atoms with Crippen molar-refractivity contribution in [2.24, 2.45) is 5.92 Å². The van der Waals surface area contributed by atoms with Crippen LogP contribution in [0.25, 0.3) is 0 Å². The Bertz CT molecular complexity index is 261. The van der Waals surface area contributed by atoms with E-state index < -0.39 is 6.43 Å². The highest BCUT2D eigenvalue weighted by Gasteiger charge is 2.29. The zero-order valence-corrected chi connectivity index (χ0v) is 9.87. The highest BCUT2D eigenvalue weighted by atomic mass is 19.3. The van der Waals surface area contributed by atoms with Crippen molar-refractivity contribution in [1.29, 1.82) is 0 Å². The van der Waals surface area contributed by atoms with E-state index in [1.54, 1.807) is 4.90 Å². The molecule has 2 fully saturated rings. The van der Waals surface area contributed by atoms with Gasteiger partial charge in [-0.25, -0.2) is 8.78 Å². The van der Waals surface area contributed by atoms with Gasteiger partial charge in [0.25, 0.3) is 6.43 Å². The first kappa shape index (κ1) is 12.7. The van der Waals surface area contributed by atoms with Crippen molar-refractivity contribution in [1.82, 2.24) is 15.1 Å². The minimum atomic E-state index is -2.28. The average molecular weight is 247 g/mol. The molecule has 6 heteroatoms. The number of nitrogens with one attached hydrogen (secondary N) is 1. The van der Waals surface area contributed by atoms with Crippen LogP contribution >= 0.6 is 0 Å². The number of hydrogen-bond donors (Lipinski definition) is 1. The molecule has 17 heavy (non-hydrogen) atoms. The Morgan fingerprint density at radius 2 is 2.00 bits per heavy atom. The van der Waals surface area contributed by atoms with E-state index in [9.17, 15) is 13.6 Å². The summed E-state index contributed by atoms with van der Waals surface area (Å²) in [6, 6.07) is 0. The topological polar surface area (TPSA) is 35.6 Å². The molecule has 0 aromatic rings. The van der Waals surface area contributed by atoms with E-state index in [-0.39, 0.29) is 18.4 Å². The highest BCUT2D eigenvalue weighted by molar-refractivity contribution is 5.79. The van der Waals surface area contributed by atoms with E-state index in [1.807, 2.05) is 4.90 Å². The molecule has 2 aliphatic heterocycles. The van der Waals surface area contributed by atoms with Crippen molar-refractivity contribution >= 4 is 5.91 Å². The van der Waals surface area contributed by atoms with Crippen LogP contribution in [0.5, 0.6) is 0 Å². The Morgan fingerprint density at radius 1 is 1.29 bits per heavy atom. The summed E-state index contributed by atoms with van der Waals surface area (Å²) in [6.45, 7) is 3.79. The van der Waals surface area contributed by atoms with Gasteiger partial charge in [-0.2, -0.15) is 0 Å². The molecule has 98 valence electrons. The van der Waals surface area contributed by atoms with E-state index in [0.717, 1.165) is 19.5 Å². The second kappa shape index (κ2) is 5.73. The summed E-state index contributed by atoms with van der Waals surface area (Å²) < 4.78 is 24.4. The SMILES string of the molecule is O=C(C1CCNC1)N1CCN(CC(F)F)CC1. The molecule has 2 rings (SSSR count). The molecule has 1 atom stereocenters. The van der Waals surface area contributed by atoms with Gasteiger partial charge in [-0.15, -0.1) is 0 Å². The minimum absolute atomic E-state index is 0.0941. The van der Waals surface area contributed by atoms with Gasteiger partial charge in [0.2, 0.25) is 5.91 Å². The van der Waals surface area contributed by atoms with Crippen LogP contribution in [0.1, 0.15) is 6.42 Å². The summed E-state index contributed by atoms with van der Waals surface area (Å²) in [6.07, 6.45) is -1.38. The van der Waals surface area contributed by atoms with Crippen molar-refractivity contribution in [2.75, 3.05) is 45.8 Å². The van der Waals surface area contributed by atoms with Gasteiger partial charge < -0.3 is 10.2 Å². The number of nitrogens with zero attached hydrogens (tertiary/aromatic N) is 2. The molecule has 1 N–H and O–H groups in total. The van der Waals surface area contributed by atoms with Crippen molar-refractivity contribution in [3.63, 3.8) is 0 Å². The third kappa shape index (κ3) is 3.35. The van der Waals surface area contributed by atoms with Crippen LogP contribution < -0.4 is 5.32 Å². The minimum Gasteiger partial charge on any atom is -0.340 e. The number of rotatable bonds is 3. The summed E-state index contributed by atoms with van der Waals surface area (Å²) in [7, 11) is 0. The first-order valence-electron chi connectivity index (χ1n) is 6.17. The Labute approximate surface area is 99.9 Å². The van der Waals surface area contributed by atoms with Gasteiger partial charge in [-0.3, -0.25) is 9.69 Å². The number of halogens is 2. The number of carbonyl (C=O) groups is 1. The summed E-state index contributed by atoms with van der Waals surface area (Å²) in [5.41, 5.74) is 0. The van der Waals surface area contributed by atoms with Crippen molar-refractivity contribution in [3.8, 4) is 0 Å². The summed E-state index contributed by atoms with van der Waals surface area (Å²) in [5, 5.41) is 3.17. The van der Waals surface area contributed by atoms with Crippen LogP contribution in [-0.4, -0.2) is 67.9 Å². The van der Waals surface area contributed by atoms with Crippen LogP contribution in [0.15, 0.2) is 0 Å². The molecular formula is C11H19F2N3O. The van der Waals surface area contributed by atoms with E-state index in [2.05, 4.69) is 5.32 Å². The maximum absolute atomic E-state index is 12.2. The fourth-order valence-corrected chi connectivity index (χ4v) is 2.47. The molecule has 0 aliphatic carbocycles. The van der Waals surface area contributed by atoms with E-state index >= 15 is 0 Å². The maximum atomic E-state index is 12.2. The summed E-state index contributed by atoms with van der Waals surface area (Å²) >= 11 is 0. The second-order valence-electron chi connectivity index (χ2n) is 4.71. The fourth-order valence-electron chi connectivity index (χ4n) is 2.47. The lowest BCUT2D eigenvalue weighted by atomic mass is 10.1. The van der Waals surface area contributed by atoms with Gasteiger partial charge >= 0.3 is 0 Å². The summed E-state index contributed by atoms with van der Waals surface area (Å²) in [4.78, 5) is 15.6. The fraction of sp³-hybridized carbons (Fsp3) is 0.909. The molecule has 0 aromatic heterocycles. The molecule has 1 unspecified atom stereocenters. The monoisotopic (exact) mass is 247 g/mol. The van der Waals surface area contributed by atoms with Crippen LogP contribution in [0.3, 0.4) is 0 Å². The largest absolute Gasteiger partial charge is 0.340 e. The van der Waals surface area contributed by atoms with Gasteiger partial charge in [0.15, 0.2) is 0 Å². The smallest absolute Gasteiger partial charge is 0.251 e. The molecule has 0 spiro atoms. The zero-order chi connectivity index (χ0) is 12.3. The van der Waals surface area contributed by atoms with Crippen molar-refractivity contribution < 1.29 is 13.6 Å². The Balaban J connectivity index is 1.76. The molecule has 0 radical (unpaired) electrons. The van der Waals surface area contributed by atoms with Gasteiger partial charge in [-0.05, 0) is 13.0 Å². The molecule has 1 amide bonds. The number of carbonyl (C=O) groups excluding carboxylic acids is 1. The predicted octanol–water partition coefficient (Wildman–Crippen LogP) is 0.00520. The van der Waals surface area contributed by atoms with Crippen LogP contribution in [0.2, 0.25) is 0 Å². The standard InChI is InChI=1S/C11H19F2N3O/c12-10(13)8-15-3-5-16(6-4-15)11(17)9-1-2-14-7-9/h9-10,14H,1-8H2. The predicted molar refractivity (Wildman–Crippen MR) is 60.0 cm³/mol. The molecular weight excluding hydrogens is 228 g/mol. The summed E-state index contributed by atoms with van der Waals surface area (Å²) in [5.74, 6) is 0.281. The molecule has 0 saturated carbocycles. The van der Waals surface area contributed by atoms with Gasteiger partial charge in [-0.1, -0.05) is 0 Å². The molecule has 0 bridgehead atoms. The van der Waals surface area contributed by atoms with Crippen molar-refractivity contribution in [3.05, 3.63) is 0 Å². The van der Waals surface area contributed by atoms with E-state index in [4.69, 9.17) is 0 Å². The molecule has 2 heterocycles. The Hall–Kier alpha value is -0.750.